The average molecular weight is 484 g/mol. The van der Waals surface area contributed by atoms with Gasteiger partial charge in [-0.05, 0) is 63.6 Å². The van der Waals surface area contributed by atoms with Gasteiger partial charge in [0.25, 0.3) is 0 Å². The molecule has 2 amide bonds. The Hall–Kier alpha value is -3.66. The molecule has 10 heteroatoms. The quantitative estimate of drug-likeness (QED) is 0.571. The third-order valence-electron chi connectivity index (χ3n) is 5.08. The SMILES string of the molecule is CC(=O)NC1CC(O)CCN1C(=O)OC(C)(C)C.Fc1ccc(-c2ccc3ncncc3n2)cc1. The van der Waals surface area contributed by atoms with Gasteiger partial charge in [0.1, 0.15) is 29.4 Å². The summed E-state index contributed by atoms with van der Waals surface area (Å²) in [7, 11) is 0. The Balaban J connectivity index is 0.000000196. The molecule has 0 bridgehead atoms. The first-order valence-electron chi connectivity index (χ1n) is 11.3. The number of amides is 2. The van der Waals surface area contributed by atoms with Crippen molar-refractivity contribution in [3.63, 3.8) is 0 Å². The number of carbonyl (C=O) groups excluding carboxylic acids is 2. The van der Waals surface area contributed by atoms with Gasteiger partial charge in [0.2, 0.25) is 5.91 Å². The molecule has 1 aromatic carbocycles. The van der Waals surface area contributed by atoms with Crippen molar-refractivity contribution in [1.29, 1.82) is 0 Å². The zero-order valence-electron chi connectivity index (χ0n) is 20.2. The fraction of sp³-hybridized carbons (Fsp3) is 0.400. The summed E-state index contributed by atoms with van der Waals surface area (Å²) in [5.41, 5.74) is 2.61. The summed E-state index contributed by atoms with van der Waals surface area (Å²) in [5.74, 6) is -0.486. The predicted molar refractivity (Wildman–Crippen MR) is 129 cm³/mol. The number of benzene rings is 1. The van der Waals surface area contributed by atoms with E-state index in [-0.39, 0.29) is 11.7 Å². The second-order valence-electron chi connectivity index (χ2n) is 9.20. The number of hydrogen-bond donors (Lipinski definition) is 2. The normalized spacial score (nSPS) is 17.8. The minimum atomic E-state index is -0.575. The Kier molecular flexibility index (Phi) is 8.29. The number of aromatic nitrogens is 3. The molecule has 0 radical (unpaired) electrons. The lowest BCUT2D eigenvalue weighted by molar-refractivity contribution is -0.121. The van der Waals surface area contributed by atoms with Gasteiger partial charge in [-0.3, -0.25) is 9.69 Å². The number of hydrogen-bond acceptors (Lipinski definition) is 7. The first-order valence-corrected chi connectivity index (χ1v) is 11.3. The molecule has 3 heterocycles. The van der Waals surface area contributed by atoms with Crippen LogP contribution in [0.5, 0.6) is 0 Å². The van der Waals surface area contributed by atoms with Gasteiger partial charge in [0.05, 0.1) is 23.5 Å². The molecule has 1 saturated heterocycles. The van der Waals surface area contributed by atoms with E-state index in [1.807, 2.05) is 12.1 Å². The van der Waals surface area contributed by atoms with E-state index in [2.05, 4.69) is 20.3 Å². The standard InChI is InChI=1S/C13H8FN3.C12H22N2O4/c14-10-3-1-9(2-4-10)11-5-6-12-13(17-11)7-15-8-16-12;1-8(15)13-10-7-9(16)5-6-14(10)11(17)18-12(2,3)4/h1-8H;9-10,16H,5-7H2,1-4H3,(H,13,15). The summed E-state index contributed by atoms with van der Waals surface area (Å²) in [4.78, 5) is 37.0. The molecule has 9 nitrogen and oxygen atoms in total. The number of nitrogens with one attached hydrogen (secondary N) is 1. The highest BCUT2D eigenvalue weighted by atomic mass is 19.1. The molecule has 2 atom stereocenters. The highest BCUT2D eigenvalue weighted by Crippen LogP contribution is 2.20. The number of carbonyl (C=O) groups is 2. The molecule has 1 aliphatic rings. The van der Waals surface area contributed by atoms with Crippen LogP contribution in [0.15, 0.2) is 48.9 Å². The average Bonchev–Trinajstić information content (AvgIpc) is 2.78. The minimum absolute atomic E-state index is 0.234. The second kappa shape index (κ2) is 11.2. The first kappa shape index (κ1) is 26.0. The van der Waals surface area contributed by atoms with Gasteiger partial charge >= 0.3 is 6.09 Å². The van der Waals surface area contributed by atoms with Crippen LogP contribution in [0.4, 0.5) is 9.18 Å². The maximum Gasteiger partial charge on any atom is 0.411 e. The molecule has 0 aliphatic carbocycles. The third-order valence-corrected chi connectivity index (χ3v) is 5.08. The van der Waals surface area contributed by atoms with Crippen LogP contribution in [0.1, 0.15) is 40.5 Å². The summed E-state index contributed by atoms with van der Waals surface area (Å²) < 4.78 is 18.1. The monoisotopic (exact) mass is 483 g/mol. The van der Waals surface area contributed by atoms with E-state index in [1.54, 1.807) is 39.1 Å². The Bertz CT molecular complexity index is 1170. The van der Waals surface area contributed by atoms with Gasteiger partial charge in [0.15, 0.2) is 0 Å². The molecule has 1 fully saturated rings. The van der Waals surface area contributed by atoms with Crippen LogP contribution >= 0.6 is 0 Å². The van der Waals surface area contributed by atoms with E-state index < -0.39 is 24.0 Å². The molecule has 0 spiro atoms. The number of rotatable bonds is 2. The maximum absolute atomic E-state index is 12.8. The van der Waals surface area contributed by atoms with Gasteiger partial charge in [-0.15, -0.1) is 0 Å². The number of piperidine rings is 1. The van der Waals surface area contributed by atoms with Crippen molar-refractivity contribution >= 4 is 23.0 Å². The second-order valence-corrected chi connectivity index (χ2v) is 9.20. The van der Waals surface area contributed by atoms with Gasteiger partial charge in [-0.1, -0.05) is 0 Å². The van der Waals surface area contributed by atoms with E-state index in [4.69, 9.17) is 4.74 Å². The Morgan fingerprint density at radius 1 is 1.14 bits per heavy atom. The Labute approximate surface area is 203 Å². The van der Waals surface area contributed by atoms with Crippen LogP contribution in [0, 0.1) is 5.82 Å². The lowest BCUT2D eigenvalue weighted by Gasteiger charge is -2.38. The molecule has 4 rings (SSSR count). The van der Waals surface area contributed by atoms with E-state index in [0.29, 0.717) is 19.4 Å². The largest absolute Gasteiger partial charge is 0.444 e. The smallest absolute Gasteiger partial charge is 0.411 e. The summed E-state index contributed by atoms with van der Waals surface area (Å²) in [6, 6.07) is 9.98. The zero-order chi connectivity index (χ0) is 25.6. The van der Waals surface area contributed by atoms with Crippen molar-refractivity contribution in [1.82, 2.24) is 25.2 Å². The van der Waals surface area contributed by atoms with Gasteiger partial charge < -0.3 is 15.2 Å². The van der Waals surface area contributed by atoms with Crippen molar-refractivity contribution in [2.75, 3.05) is 6.54 Å². The van der Waals surface area contributed by atoms with E-state index >= 15 is 0 Å². The first-order chi connectivity index (χ1) is 16.5. The lowest BCUT2D eigenvalue weighted by atomic mass is 10.1. The molecule has 0 saturated carbocycles. The van der Waals surface area contributed by atoms with Gasteiger partial charge in [-0.25, -0.2) is 24.1 Å². The van der Waals surface area contributed by atoms with Crippen molar-refractivity contribution in [2.45, 2.75) is 58.4 Å². The number of pyridine rings is 1. The Morgan fingerprint density at radius 2 is 1.86 bits per heavy atom. The zero-order valence-corrected chi connectivity index (χ0v) is 20.2. The van der Waals surface area contributed by atoms with E-state index in [0.717, 1.165) is 22.3 Å². The van der Waals surface area contributed by atoms with Crippen molar-refractivity contribution < 1.29 is 23.8 Å². The van der Waals surface area contributed by atoms with Crippen LogP contribution in [-0.2, 0) is 9.53 Å². The van der Waals surface area contributed by atoms with Crippen molar-refractivity contribution in [3.05, 3.63) is 54.7 Å². The lowest BCUT2D eigenvalue weighted by Crippen LogP contribution is -2.56. The summed E-state index contributed by atoms with van der Waals surface area (Å²) in [6.07, 6.45) is 2.51. The third kappa shape index (κ3) is 7.68. The molecule has 2 aromatic heterocycles. The molecule has 3 aromatic rings. The fourth-order valence-electron chi connectivity index (χ4n) is 3.51. The van der Waals surface area contributed by atoms with Crippen LogP contribution in [0.2, 0.25) is 0 Å². The summed E-state index contributed by atoms with van der Waals surface area (Å²) >= 11 is 0. The fourth-order valence-corrected chi connectivity index (χ4v) is 3.51. The van der Waals surface area contributed by atoms with E-state index in [1.165, 1.54) is 30.3 Å². The van der Waals surface area contributed by atoms with Crippen LogP contribution in [-0.4, -0.2) is 61.4 Å². The minimum Gasteiger partial charge on any atom is -0.444 e. The van der Waals surface area contributed by atoms with Crippen molar-refractivity contribution in [3.8, 4) is 11.3 Å². The summed E-state index contributed by atoms with van der Waals surface area (Å²) in [5, 5.41) is 12.2. The van der Waals surface area contributed by atoms with Crippen LogP contribution in [0.3, 0.4) is 0 Å². The van der Waals surface area contributed by atoms with Gasteiger partial charge in [0, 0.05) is 25.5 Å². The number of halogens is 1. The summed E-state index contributed by atoms with van der Waals surface area (Å²) in [6.45, 7) is 7.13. The number of aliphatic hydroxyl groups is 1. The van der Waals surface area contributed by atoms with Crippen molar-refractivity contribution in [2.24, 2.45) is 0 Å². The number of aliphatic hydroxyl groups excluding tert-OH is 1. The van der Waals surface area contributed by atoms with E-state index in [9.17, 15) is 19.1 Å². The predicted octanol–water partition coefficient (Wildman–Crippen LogP) is 3.67. The number of fused-ring (bicyclic) bond motifs is 1. The Morgan fingerprint density at radius 3 is 2.51 bits per heavy atom. The molecule has 1 aliphatic heterocycles. The topological polar surface area (TPSA) is 118 Å². The van der Waals surface area contributed by atoms with Crippen LogP contribution in [0.25, 0.3) is 22.3 Å². The highest BCUT2D eigenvalue weighted by Gasteiger charge is 2.33. The van der Waals surface area contributed by atoms with Crippen LogP contribution < -0.4 is 5.32 Å². The maximum atomic E-state index is 12.8. The number of likely N-dealkylation sites (tertiary alicyclic amines) is 1. The molecule has 35 heavy (non-hydrogen) atoms. The molecule has 2 N–H and O–H groups in total. The van der Waals surface area contributed by atoms with Gasteiger partial charge in [-0.2, -0.15) is 0 Å². The molecule has 2 unspecified atom stereocenters. The molecule has 186 valence electrons. The number of ether oxygens (including phenoxy) is 1. The molecular formula is C25H30FN5O4. The molecular weight excluding hydrogens is 453 g/mol. The number of nitrogens with zero attached hydrogens (tertiary/aromatic N) is 4. The highest BCUT2D eigenvalue weighted by molar-refractivity contribution is 5.77.